The third-order valence-electron chi connectivity index (χ3n) is 3.76. The Morgan fingerprint density at radius 1 is 1.60 bits per heavy atom. The topological polar surface area (TPSA) is 46.3 Å². The number of piperidine rings is 1. The van der Waals surface area contributed by atoms with Gasteiger partial charge in [0.25, 0.3) is 0 Å². The van der Waals surface area contributed by atoms with Crippen molar-refractivity contribution in [3.05, 3.63) is 0 Å². The quantitative estimate of drug-likeness (QED) is 0.770. The van der Waals surface area contributed by atoms with Crippen molar-refractivity contribution in [3.8, 4) is 0 Å². The van der Waals surface area contributed by atoms with Gasteiger partial charge in [0.05, 0.1) is 0 Å². The second-order valence-electron chi connectivity index (χ2n) is 4.86. The van der Waals surface area contributed by atoms with E-state index in [2.05, 4.69) is 13.8 Å². The van der Waals surface area contributed by atoms with Crippen molar-refractivity contribution < 1.29 is 4.79 Å². The third kappa shape index (κ3) is 2.94. The first-order chi connectivity index (χ1) is 7.10. The van der Waals surface area contributed by atoms with Gasteiger partial charge in [-0.1, -0.05) is 20.8 Å². The molecule has 0 aromatic rings. The Morgan fingerprint density at radius 2 is 2.27 bits per heavy atom. The van der Waals surface area contributed by atoms with Crippen LogP contribution in [0.25, 0.3) is 0 Å². The molecule has 3 nitrogen and oxygen atoms in total. The monoisotopic (exact) mass is 212 g/mol. The Labute approximate surface area is 93.0 Å². The first-order valence-electron chi connectivity index (χ1n) is 6.09. The fraction of sp³-hybridized carbons (Fsp3) is 0.917. The third-order valence-corrected chi connectivity index (χ3v) is 3.76. The van der Waals surface area contributed by atoms with Crippen LogP contribution in [0.1, 0.15) is 33.6 Å². The van der Waals surface area contributed by atoms with E-state index in [9.17, 15) is 4.79 Å². The molecule has 3 unspecified atom stereocenters. The number of carbonyl (C=O) groups excluding carboxylic acids is 1. The minimum Gasteiger partial charge on any atom is -0.342 e. The van der Waals surface area contributed by atoms with Crippen LogP contribution in [0.15, 0.2) is 0 Å². The number of hydrogen-bond acceptors (Lipinski definition) is 2. The van der Waals surface area contributed by atoms with Crippen molar-refractivity contribution in [3.63, 3.8) is 0 Å². The number of amides is 1. The largest absolute Gasteiger partial charge is 0.342 e. The van der Waals surface area contributed by atoms with Crippen molar-refractivity contribution in [1.29, 1.82) is 0 Å². The lowest BCUT2D eigenvalue weighted by molar-refractivity contribution is -0.137. The molecule has 0 saturated carbocycles. The summed E-state index contributed by atoms with van der Waals surface area (Å²) in [5, 5.41) is 0. The molecule has 0 spiro atoms. The number of hydrogen-bond donors (Lipinski definition) is 1. The minimum absolute atomic E-state index is 0.164. The molecular formula is C12H24N2O. The Bertz CT molecular complexity index is 218. The van der Waals surface area contributed by atoms with Crippen molar-refractivity contribution in [2.45, 2.75) is 33.6 Å². The fourth-order valence-electron chi connectivity index (χ4n) is 2.14. The summed E-state index contributed by atoms with van der Waals surface area (Å²) in [5.41, 5.74) is 5.73. The summed E-state index contributed by atoms with van der Waals surface area (Å²) in [6.07, 6.45) is 2.03. The first kappa shape index (κ1) is 12.5. The molecule has 0 radical (unpaired) electrons. The lowest BCUT2D eigenvalue weighted by atomic mass is 9.86. The van der Waals surface area contributed by atoms with Crippen LogP contribution < -0.4 is 5.73 Å². The molecular weight excluding hydrogens is 188 g/mol. The van der Waals surface area contributed by atoms with Gasteiger partial charge in [-0.15, -0.1) is 0 Å². The van der Waals surface area contributed by atoms with Crippen molar-refractivity contribution in [2.75, 3.05) is 19.6 Å². The number of nitrogens with zero attached hydrogens (tertiary/aromatic N) is 1. The van der Waals surface area contributed by atoms with Crippen molar-refractivity contribution in [2.24, 2.45) is 23.5 Å². The first-order valence-corrected chi connectivity index (χ1v) is 6.09. The molecule has 2 N–H and O–H groups in total. The molecule has 1 aliphatic rings. The predicted molar refractivity (Wildman–Crippen MR) is 62.4 cm³/mol. The molecule has 1 saturated heterocycles. The van der Waals surface area contributed by atoms with Gasteiger partial charge in [-0.3, -0.25) is 4.79 Å². The molecule has 0 aromatic heterocycles. The smallest absolute Gasteiger partial charge is 0.225 e. The van der Waals surface area contributed by atoms with Crippen LogP contribution in [0.3, 0.4) is 0 Å². The van der Waals surface area contributed by atoms with Crippen molar-refractivity contribution in [1.82, 2.24) is 4.90 Å². The highest BCUT2D eigenvalue weighted by atomic mass is 16.2. The molecule has 15 heavy (non-hydrogen) atoms. The number of carbonyl (C=O) groups is 1. The molecule has 1 rings (SSSR count). The van der Waals surface area contributed by atoms with E-state index in [1.54, 1.807) is 0 Å². The van der Waals surface area contributed by atoms with Gasteiger partial charge in [0.15, 0.2) is 0 Å². The summed E-state index contributed by atoms with van der Waals surface area (Å²) in [4.78, 5) is 14.0. The number of rotatable bonds is 3. The average Bonchev–Trinajstić information content (AvgIpc) is 2.27. The highest BCUT2D eigenvalue weighted by molar-refractivity contribution is 5.78. The molecule has 1 aliphatic heterocycles. The van der Waals surface area contributed by atoms with Crippen LogP contribution in [-0.2, 0) is 4.79 Å². The van der Waals surface area contributed by atoms with Gasteiger partial charge in [-0.2, -0.15) is 0 Å². The highest BCUT2D eigenvalue weighted by Gasteiger charge is 2.29. The van der Waals surface area contributed by atoms with Crippen LogP contribution in [0, 0.1) is 17.8 Å². The van der Waals surface area contributed by atoms with Crippen LogP contribution in [0.5, 0.6) is 0 Å². The molecule has 3 atom stereocenters. The van der Waals surface area contributed by atoms with E-state index in [0.29, 0.717) is 24.3 Å². The van der Waals surface area contributed by atoms with Crippen LogP contribution in [0.4, 0.5) is 0 Å². The summed E-state index contributed by atoms with van der Waals surface area (Å²) in [5.74, 6) is 1.63. The van der Waals surface area contributed by atoms with Crippen LogP contribution >= 0.6 is 0 Å². The van der Waals surface area contributed by atoms with E-state index < -0.39 is 0 Å². The van der Waals surface area contributed by atoms with Gasteiger partial charge < -0.3 is 10.6 Å². The lowest BCUT2D eigenvalue weighted by Gasteiger charge is -2.37. The van der Waals surface area contributed by atoms with Gasteiger partial charge in [0.2, 0.25) is 5.91 Å². The molecule has 3 heteroatoms. The van der Waals surface area contributed by atoms with Crippen LogP contribution in [-0.4, -0.2) is 30.4 Å². The summed E-state index contributed by atoms with van der Waals surface area (Å²) >= 11 is 0. The minimum atomic E-state index is 0.164. The molecule has 0 aliphatic carbocycles. The Morgan fingerprint density at radius 3 is 2.80 bits per heavy atom. The lowest BCUT2D eigenvalue weighted by Crippen LogP contribution is -2.47. The van der Waals surface area contributed by atoms with E-state index in [4.69, 9.17) is 5.73 Å². The van der Waals surface area contributed by atoms with Crippen molar-refractivity contribution >= 4 is 5.91 Å². The maximum Gasteiger partial charge on any atom is 0.225 e. The van der Waals surface area contributed by atoms with E-state index in [-0.39, 0.29) is 5.92 Å². The molecule has 1 heterocycles. The summed E-state index contributed by atoms with van der Waals surface area (Å²) in [6, 6.07) is 0. The summed E-state index contributed by atoms with van der Waals surface area (Å²) < 4.78 is 0. The van der Waals surface area contributed by atoms with Gasteiger partial charge >= 0.3 is 0 Å². The summed E-state index contributed by atoms with van der Waals surface area (Å²) in [6.45, 7) is 8.79. The van der Waals surface area contributed by atoms with E-state index in [1.165, 1.54) is 0 Å². The van der Waals surface area contributed by atoms with E-state index in [1.807, 2.05) is 11.8 Å². The average molecular weight is 212 g/mol. The molecule has 0 bridgehead atoms. The molecule has 88 valence electrons. The van der Waals surface area contributed by atoms with Gasteiger partial charge in [0, 0.05) is 19.0 Å². The Balaban J connectivity index is 2.54. The number of likely N-dealkylation sites (tertiary alicyclic amines) is 1. The van der Waals surface area contributed by atoms with E-state index in [0.717, 1.165) is 25.9 Å². The van der Waals surface area contributed by atoms with Gasteiger partial charge in [0.1, 0.15) is 0 Å². The zero-order valence-electron chi connectivity index (χ0n) is 10.2. The molecule has 0 aromatic carbocycles. The molecule has 1 fully saturated rings. The fourth-order valence-corrected chi connectivity index (χ4v) is 2.14. The standard InChI is InChI=1S/C12H24N2O/c1-4-9(2)12(15)14-6-5-10(3)11(7-13)8-14/h9-11H,4-8,13H2,1-3H3. The second-order valence-corrected chi connectivity index (χ2v) is 4.86. The zero-order chi connectivity index (χ0) is 11.4. The summed E-state index contributed by atoms with van der Waals surface area (Å²) in [7, 11) is 0. The predicted octanol–water partition coefficient (Wildman–Crippen LogP) is 1.48. The highest BCUT2D eigenvalue weighted by Crippen LogP contribution is 2.23. The maximum atomic E-state index is 12.0. The van der Waals surface area contributed by atoms with Gasteiger partial charge in [-0.25, -0.2) is 0 Å². The maximum absolute atomic E-state index is 12.0. The SMILES string of the molecule is CCC(C)C(=O)N1CCC(C)C(CN)C1. The normalized spacial score (nSPS) is 28.9. The second kappa shape index (κ2) is 5.50. The Hall–Kier alpha value is -0.570. The van der Waals surface area contributed by atoms with E-state index >= 15 is 0 Å². The zero-order valence-corrected chi connectivity index (χ0v) is 10.2. The number of nitrogens with two attached hydrogens (primary N) is 1. The van der Waals surface area contributed by atoms with Crippen LogP contribution in [0.2, 0.25) is 0 Å². The Kier molecular flexibility index (Phi) is 4.58. The molecule has 1 amide bonds. The van der Waals surface area contributed by atoms with Gasteiger partial charge in [-0.05, 0) is 31.2 Å².